The van der Waals surface area contributed by atoms with Gasteiger partial charge in [-0.15, -0.1) is 0 Å². The molecule has 176 valence electrons. The number of amides is 2. The van der Waals surface area contributed by atoms with Crippen molar-refractivity contribution in [3.8, 4) is 5.75 Å². The Bertz CT molecular complexity index is 970. The Morgan fingerprint density at radius 3 is 2.42 bits per heavy atom. The summed E-state index contributed by atoms with van der Waals surface area (Å²) in [4.78, 5) is 38.8. The summed E-state index contributed by atoms with van der Waals surface area (Å²) in [5.74, 6) is 0.150. The van der Waals surface area contributed by atoms with Crippen LogP contribution >= 0.6 is 0 Å². The van der Waals surface area contributed by atoms with E-state index in [2.05, 4.69) is 5.32 Å². The van der Waals surface area contributed by atoms with Crippen LogP contribution in [0, 0.1) is 10.1 Å². The number of methoxy groups -OCH3 is 1. The normalized spacial score (nSPS) is 14.8. The number of nitro groups is 1. The van der Waals surface area contributed by atoms with Gasteiger partial charge in [-0.2, -0.15) is 0 Å². The van der Waals surface area contributed by atoms with Gasteiger partial charge in [0, 0.05) is 24.2 Å². The molecule has 0 radical (unpaired) electrons. The molecule has 0 spiro atoms. The lowest BCUT2D eigenvalue weighted by molar-refractivity contribution is -0.385. The summed E-state index contributed by atoms with van der Waals surface area (Å²) in [5, 5.41) is 14.5. The fraction of sp³-hybridized carbons (Fsp3) is 0.440. The minimum atomic E-state index is -0.718. The largest absolute Gasteiger partial charge is 0.497 e. The zero-order valence-corrected chi connectivity index (χ0v) is 19.2. The molecule has 1 saturated carbocycles. The number of nitrogens with zero attached hydrogens (tertiary/aromatic N) is 2. The van der Waals surface area contributed by atoms with Crippen molar-refractivity contribution in [3.05, 3.63) is 69.8 Å². The number of nitrogens with one attached hydrogen (secondary N) is 1. The van der Waals surface area contributed by atoms with Gasteiger partial charge in [-0.25, -0.2) is 0 Å². The van der Waals surface area contributed by atoms with Crippen LogP contribution in [0.4, 0.5) is 5.69 Å². The zero-order valence-electron chi connectivity index (χ0n) is 19.2. The molecule has 0 bridgehead atoms. The van der Waals surface area contributed by atoms with Crippen LogP contribution in [-0.4, -0.2) is 40.8 Å². The molecule has 0 aromatic heterocycles. The molecule has 0 saturated heterocycles. The number of ether oxygens (including phenoxy) is 1. The Morgan fingerprint density at radius 1 is 1.12 bits per heavy atom. The molecular formula is C25H31N3O5. The van der Waals surface area contributed by atoms with Gasteiger partial charge in [0.2, 0.25) is 11.8 Å². The third-order valence-corrected chi connectivity index (χ3v) is 6.16. The summed E-state index contributed by atoms with van der Waals surface area (Å²) in [6.45, 7) is 1.92. The summed E-state index contributed by atoms with van der Waals surface area (Å²) in [6.07, 6.45) is 5.09. The Balaban J connectivity index is 1.81. The molecular weight excluding hydrogens is 422 g/mol. The lowest BCUT2D eigenvalue weighted by Crippen LogP contribution is -2.50. The van der Waals surface area contributed by atoms with Crippen molar-refractivity contribution in [3.63, 3.8) is 0 Å². The predicted octanol–water partition coefficient (Wildman–Crippen LogP) is 4.01. The third kappa shape index (κ3) is 6.54. The zero-order chi connectivity index (χ0) is 23.8. The maximum absolute atomic E-state index is 13.4. The SMILES string of the molecule is COc1ccc(CN(C(=O)Cc2ccccc2[N+](=O)[O-])[C@H](C)C(=O)NC2CCCCC2)cc1. The number of nitro benzene ring substituents is 1. The first-order valence-corrected chi connectivity index (χ1v) is 11.3. The molecule has 0 unspecified atom stereocenters. The van der Waals surface area contributed by atoms with Crippen LogP contribution in [0.2, 0.25) is 0 Å². The molecule has 1 aliphatic rings. The van der Waals surface area contributed by atoms with Crippen molar-refractivity contribution in [1.82, 2.24) is 10.2 Å². The number of carbonyl (C=O) groups is 2. The topological polar surface area (TPSA) is 102 Å². The van der Waals surface area contributed by atoms with Crippen LogP contribution in [-0.2, 0) is 22.6 Å². The first-order valence-electron chi connectivity index (χ1n) is 11.3. The molecule has 1 atom stereocenters. The van der Waals surface area contributed by atoms with Gasteiger partial charge >= 0.3 is 0 Å². The van der Waals surface area contributed by atoms with E-state index < -0.39 is 11.0 Å². The lowest BCUT2D eigenvalue weighted by atomic mass is 9.95. The molecule has 2 aromatic carbocycles. The molecule has 2 aromatic rings. The highest BCUT2D eigenvalue weighted by molar-refractivity contribution is 5.88. The fourth-order valence-electron chi connectivity index (χ4n) is 4.18. The summed E-state index contributed by atoms with van der Waals surface area (Å²) in [7, 11) is 1.58. The van der Waals surface area contributed by atoms with Gasteiger partial charge in [-0.3, -0.25) is 19.7 Å². The molecule has 3 rings (SSSR count). The van der Waals surface area contributed by atoms with Crippen LogP contribution in [0.3, 0.4) is 0 Å². The average molecular weight is 454 g/mol. The van der Waals surface area contributed by atoms with E-state index in [4.69, 9.17) is 4.74 Å². The second-order valence-electron chi connectivity index (χ2n) is 8.45. The molecule has 33 heavy (non-hydrogen) atoms. The number of rotatable bonds is 9. The molecule has 0 heterocycles. The molecule has 1 aliphatic carbocycles. The summed E-state index contributed by atoms with van der Waals surface area (Å²) in [6, 6.07) is 12.9. The first kappa shape index (κ1) is 24.2. The van der Waals surface area contributed by atoms with E-state index >= 15 is 0 Å². The van der Waals surface area contributed by atoms with Crippen molar-refractivity contribution >= 4 is 17.5 Å². The van der Waals surface area contributed by atoms with E-state index in [1.807, 2.05) is 12.1 Å². The average Bonchev–Trinajstić information content (AvgIpc) is 2.83. The minimum absolute atomic E-state index is 0.102. The van der Waals surface area contributed by atoms with E-state index in [0.717, 1.165) is 31.2 Å². The van der Waals surface area contributed by atoms with Gasteiger partial charge in [0.05, 0.1) is 18.5 Å². The van der Waals surface area contributed by atoms with Crippen LogP contribution in [0.15, 0.2) is 48.5 Å². The van der Waals surface area contributed by atoms with Gasteiger partial charge in [0.15, 0.2) is 0 Å². The highest BCUT2D eigenvalue weighted by atomic mass is 16.6. The van der Waals surface area contributed by atoms with Crippen molar-refractivity contribution in [2.45, 2.75) is 64.1 Å². The van der Waals surface area contributed by atoms with Gasteiger partial charge in [0.25, 0.3) is 5.69 Å². The van der Waals surface area contributed by atoms with E-state index in [1.165, 1.54) is 17.4 Å². The number of para-hydroxylation sites is 1. The van der Waals surface area contributed by atoms with Gasteiger partial charge < -0.3 is 15.0 Å². The van der Waals surface area contributed by atoms with Crippen molar-refractivity contribution in [1.29, 1.82) is 0 Å². The third-order valence-electron chi connectivity index (χ3n) is 6.16. The standard InChI is InChI=1S/C25H31N3O5/c1-18(25(30)26-21-9-4-3-5-10-21)27(17-19-12-14-22(33-2)15-13-19)24(29)16-20-8-6-7-11-23(20)28(31)32/h6-8,11-15,18,21H,3-5,9-10,16-17H2,1-2H3,(H,26,30)/t18-/m1/s1. The summed E-state index contributed by atoms with van der Waals surface area (Å²) >= 11 is 0. The van der Waals surface area contributed by atoms with Gasteiger partial charge in [0.1, 0.15) is 11.8 Å². The number of benzene rings is 2. The van der Waals surface area contributed by atoms with Crippen LogP contribution in [0.5, 0.6) is 5.75 Å². The number of carbonyl (C=O) groups excluding carboxylic acids is 2. The van der Waals surface area contributed by atoms with E-state index in [1.54, 1.807) is 44.4 Å². The Morgan fingerprint density at radius 2 is 1.79 bits per heavy atom. The Kier molecular flexibility index (Phi) is 8.40. The van der Waals surface area contributed by atoms with Gasteiger partial charge in [-0.1, -0.05) is 49.6 Å². The smallest absolute Gasteiger partial charge is 0.273 e. The highest BCUT2D eigenvalue weighted by Crippen LogP contribution is 2.22. The van der Waals surface area contributed by atoms with Crippen molar-refractivity contribution < 1.29 is 19.2 Å². The summed E-state index contributed by atoms with van der Waals surface area (Å²) in [5.41, 5.74) is 1.06. The van der Waals surface area contributed by atoms with E-state index in [0.29, 0.717) is 11.3 Å². The number of hydrogen-bond donors (Lipinski definition) is 1. The molecule has 8 nitrogen and oxygen atoms in total. The second kappa shape index (κ2) is 11.4. The Hall–Kier alpha value is -3.42. The highest BCUT2D eigenvalue weighted by Gasteiger charge is 2.29. The van der Waals surface area contributed by atoms with Gasteiger partial charge in [-0.05, 0) is 37.5 Å². The van der Waals surface area contributed by atoms with Crippen LogP contribution in [0.1, 0.15) is 50.2 Å². The maximum Gasteiger partial charge on any atom is 0.273 e. The van der Waals surface area contributed by atoms with Crippen LogP contribution in [0.25, 0.3) is 0 Å². The second-order valence-corrected chi connectivity index (χ2v) is 8.45. The lowest BCUT2D eigenvalue weighted by Gasteiger charge is -2.31. The summed E-state index contributed by atoms with van der Waals surface area (Å²) < 4.78 is 5.20. The first-order chi connectivity index (χ1) is 15.9. The Labute approximate surface area is 194 Å². The number of hydrogen-bond acceptors (Lipinski definition) is 5. The quantitative estimate of drug-likeness (QED) is 0.457. The fourth-order valence-corrected chi connectivity index (χ4v) is 4.18. The van der Waals surface area contributed by atoms with Crippen molar-refractivity contribution in [2.75, 3.05) is 7.11 Å². The predicted molar refractivity (Wildman–Crippen MR) is 125 cm³/mol. The molecule has 1 fully saturated rings. The molecule has 1 N–H and O–H groups in total. The minimum Gasteiger partial charge on any atom is -0.497 e. The van der Waals surface area contributed by atoms with Crippen LogP contribution < -0.4 is 10.1 Å². The molecule has 2 amide bonds. The van der Waals surface area contributed by atoms with Crippen molar-refractivity contribution in [2.24, 2.45) is 0 Å². The monoisotopic (exact) mass is 453 g/mol. The molecule has 8 heteroatoms. The van der Waals surface area contributed by atoms with E-state index in [-0.39, 0.29) is 36.5 Å². The maximum atomic E-state index is 13.4. The molecule has 0 aliphatic heterocycles. The van der Waals surface area contributed by atoms with E-state index in [9.17, 15) is 19.7 Å².